The van der Waals surface area contributed by atoms with Gasteiger partial charge in [0.1, 0.15) is 0 Å². The molecule has 4 aliphatic carbocycles. The molecule has 6 heteroatoms. The van der Waals surface area contributed by atoms with Crippen molar-refractivity contribution in [1.82, 2.24) is 28.7 Å². The maximum atomic E-state index is 5.47. The predicted molar refractivity (Wildman–Crippen MR) is 275 cm³/mol. The van der Waals surface area contributed by atoms with Crippen LogP contribution in [0.4, 0.5) is 0 Å². The van der Waals surface area contributed by atoms with Crippen LogP contribution in [0.3, 0.4) is 0 Å². The number of hydrogen-bond donors (Lipinski definition) is 0. The molecule has 6 nitrogen and oxygen atoms in total. The van der Waals surface area contributed by atoms with Crippen LogP contribution in [0.5, 0.6) is 0 Å². The van der Waals surface area contributed by atoms with E-state index in [4.69, 9.17) is 15.0 Å². The molecule has 0 saturated carbocycles. The van der Waals surface area contributed by atoms with Crippen molar-refractivity contribution in [3.8, 4) is 40.1 Å². The van der Waals surface area contributed by atoms with Gasteiger partial charge in [-0.3, -0.25) is 4.57 Å². The van der Waals surface area contributed by atoms with E-state index in [1.807, 2.05) is 6.07 Å². The van der Waals surface area contributed by atoms with E-state index in [2.05, 4.69) is 214 Å². The van der Waals surface area contributed by atoms with Crippen LogP contribution in [0, 0.1) is 0 Å². The topological polar surface area (TPSA) is 53.5 Å². The lowest BCUT2D eigenvalue weighted by atomic mass is 9.93. The van der Waals surface area contributed by atoms with Crippen molar-refractivity contribution in [3.05, 3.63) is 229 Å². The molecule has 13 aromatic rings. The standard InChI is InChI=1S/C61H42N6/c1-2-13-43(14-3-1)59-62-60(64-61(63-59)67-55-24-11-7-20-50(55)57-41-31-29-39-25-27-40(28-26-39)30-32-42(34-33-41)58(57)67)44-15-12-16-45(37-44)65-54-23-10-6-19-49(54)51-38-46(35-36-56(51)65)66-52-21-8-4-17-47(52)48-18-5-9-22-53(48)66/h1-28,33-38H,29-32H2. The average molecular weight is 859 g/mol. The van der Waals surface area contributed by atoms with Crippen molar-refractivity contribution < 1.29 is 0 Å². The molecule has 0 spiro atoms. The monoisotopic (exact) mass is 858 g/mol. The number of fused-ring (bicyclic) bond motifs is 7. The second-order valence-corrected chi connectivity index (χ2v) is 17.9. The van der Waals surface area contributed by atoms with Crippen LogP contribution >= 0.6 is 0 Å². The lowest BCUT2D eigenvalue weighted by molar-refractivity contribution is 0.915. The SMILES string of the molecule is c1ccc(-c2nc(-c3cccc(-n4c5ccccc5c5cc(-n6c7ccccc7c7ccccc76)ccc54)c3)nc(-n3c4ccccc4c4c5ccc(c43)CCc3ccc(cc3)CC5)n2)cc1. The van der Waals surface area contributed by atoms with E-state index < -0.39 is 0 Å². The van der Waals surface area contributed by atoms with E-state index >= 15 is 0 Å². The predicted octanol–water partition coefficient (Wildman–Crippen LogP) is 14.4. The zero-order valence-electron chi connectivity index (χ0n) is 36.6. The van der Waals surface area contributed by atoms with Gasteiger partial charge in [0.2, 0.25) is 5.95 Å². The van der Waals surface area contributed by atoms with Crippen molar-refractivity contribution in [2.45, 2.75) is 25.7 Å². The third kappa shape index (κ3) is 5.99. The van der Waals surface area contributed by atoms with Crippen LogP contribution in [0.2, 0.25) is 0 Å². The molecule has 17 rings (SSSR count). The Labute approximate surface area is 386 Å². The summed E-state index contributed by atoms with van der Waals surface area (Å²) in [5.41, 5.74) is 16.3. The molecule has 0 saturated heterocycles. The number of rotatable bonds is 5. The molecular weight excluding hydrogens is 817 g/mol. The molecule has 4 bridgehead atoms. The molecule has 0 atom stereocenters. The molecule has 0 fully saturated rings. The number of para-hydroxylation sites is 4. The van der Waals surface area contributed by atoms with Gasteiger partial charge in [-0.05, 0) is 103 Å². The van der Waals surface area contributed by atoms with Gasteiger partial charge in [-0.2, -0.15) is 9.97 Å². The molecular formula is C61H42N6. The molecule has 4 aliphatic rings. The van der Waals surface area contributed by atoms with Crippen LogP contribution in [0.25, 0.3) is 106 Å². The third-order valence-corrected chi connectivity index (χ3v) is 14.1. The van der Waals surface area contributed by atoms with Crippen LogP contribution in [-0.4, -0.2) is 28.7 Å². The maximum absolute atomic E-state index is 5.47. The van der Waals surface area contributed by atoms with E-state index in [0.29, 0.717) is 17.6 Å². The fourth-order valence-electron chi connectivity index (χ4n) is 11.0. The molecule has 0 N–H and O–H groups in total. The van der Waals surface area contributed by atoms with Gasteiger partial charge in [0, 0.05) is 54.8 Å². The Hall–Kier alpha value is -8.61. The van der Waals surface area contributed by atoms with Gasteiger partial charge in [0.05, 0.1) is 33.1 Å². The first-order valence-electron chi connectivity index (χ1n) is 23.3. The Morgan fingerprint density at radius 1 is 0.313 bits per heavy atom. The number of nitrogens with zero attached hydrogens (tertiary/aromatic N) is 6. The normalized spacial score (nSPS) is 12.8. The summed E-state index contributed by atoms with van der Waals surface area (Å²) >= 11 is 0. The second-order valence-electron chi connectivity index (χ2n) is 17.9. The van der Waals surface area contributed by atoms with Gasteiger partial charge >= 0.3 is 0 Å². The second kappa shape index (κ2) is 15.0. The number of benzene rings is 9. The molecule has 0 radical (unpaired) electrons. The fraction of sp³-hybridized carbons (Fsp3) is 0.0656. The Morgan fingerprint density at radius 2 is 0.806 bits per heavy atom. The van der Waals surface area contributed by atoms with Crippen molar-refractivity contribution in [2.24, 2.45) is 0 Å². The average Bonchev–Trinajstić information content (AvgIpc) is 4.04. The van der Waals surface area contributed by atoms with Crippen molar-refractivity contribution in [3.63, 3.8) is 0 Å². The molecule has 0 unspecified atom stereocenters. The molecule has 4 aromatic heterocycles. The highest BCUT2D eigenvalue weighted by molar-refractivity contribution is 6.13. The molecule has 9 aromatic carbocycles. The summed E-state index contributed by atoms with van der Waals surface area (Å²) in [6.07, 6.45) is 3.77. The van der Waals surface area contributed by atoms with Crippen LogP contribution < -0.4 is 0 Å². The van der Waals surface area contributed by atoms with E-state index in [1.54, 1.807) is 0 Å². The van der Waals surface area contributed by atoms with Gasteiger partial charge in [-0.15, -0.1) is 0 Å². The minimum absolute atomic E-state index is 0.615. The minimum Gasteiger partial charge on any atom is -0.309 e. The zero-order chi connectivity index (χ0) is 44.0. The Morgan fingerprint density at radius 3 is 1.46 bits per heavy atom. The number of aryl methyl sites for hydroxylation is 4. The van der Waals surface area contributed by atoms with E-state index in [-0.39, 0.29) is 0 Å². The minimum atomic E-state index is 0.615. The summed E-state index contributed by atoms with van der Waals surface area (Å²) in [4.78, 5) is 16.1. The first-order chi connectivity index (χ1) is 33.2. The van der Waals surface area contributed by atoms with E-state index in [1.165, 1.54) is 71.1 Å². The van der Waals surface area contributed by atoms with Crippen LogP contribution in [0.1, 0.15) is 22.3 Å². The summed E-state index contributed by atoms with van der Waals surface area (Å²) in [7, 11) is 0. The van der Waals surface area contributed by atoms with Gasteiger partial charge in [-0.25, -0.2) is 4.98 Å². The molecule has 67 heavy (non-hydrogen) atoms. The largest absolute Gasteiger partial charge is 0.309 e. The summed E-state index contributed by atoms with van der Waals surface area (Å²) in [5.74, 6) is 1.87. The number of aromatic nitrogens is 6. The lowest BCUT2D eigenvalue weighted by Gasteiger charge is -2.15. The first kappa shape index (κ1) is 37.7. The van der Waals surface area contributed by atoms with E-state index in [9.17, 15) is 0 Å². The highest BCUT2D eigenvalue weighted by atomic mass is 15.2. The molecule has 4 heterocycles. The van der Waals surface area contributed by atoms with Gasteiger partial charge in [0.25, 0.3) is 0 Å². The fourth-order valence-corrected chi connectivity index (χ4v) is 11.0. The Balaban J connectivity index is 0.962. The van der Waals surface area contributed by atoms with Crippen molar-refractivity contribution in [2.75, 3.05) is 0 Å². The Bertz CT molecular complexity index is 4040. The molecule has 0 aliphatic heterocycles. The zero-order valence-corrected chi connectivity index (χ0v) is 36.6. The summed E-state index contributed by atoms with van der Waals surface area (Å²) in [6, 6.07) is 74.8. The quantitative estimate of drug-likeness (QED) is 0.173. The summed E-state index contributed by atoms with van der Waals surface area (Å²) in [6.45, 7) is 0. The Kier molecular flexibility index (Phi) is 8.43. The van der Waals surface area contributed by atoms with Crippen molar-refractivity contribution >= 4 is 65.4 Å². The van der Waals surface area contributed by atoms with Gasteiger partial charge < -0.3 is 9.13 Å². The van der Waals surface area contributed by atoms with Crippen LogP contribution in [0.15, 0.2) is 206 Å². The smallest absolute Gasteiger partial charge is 0.238 e. The maximum Gasteiger partial charge on any atom is 0.238 e. The van der Waals surface area contributed by atoms with Crippen molar-refractivity contribution in [1.29, 1.82) is 0 Å². The lowest BCUT2D eigenvalue weighted by Crippen LogP contribution is -2.08. The summed E-state index contributed by atoms with van der Waals surface area (Å²) in [5, 5.41) is 7.41. The number of hydrogen-bond acceptors (Lipinski definition) is 3. The van der Waals surface area contributed by atoms with Gasteiger partial charge in [0.15, 0.2) is 11.6 Å². The summed E-state index contributed by atoms with van der Waals surface area (Å²) < 4.78 is 7.10. The highest BCUT2D eigenvalue weighted by Crippen LogP contribution is 2.40. The molecule has 316 valence electrons. The third-order valence-electron chi connectivity index (χ3n) is 14.1. The first-order valence-corrected chi connectivity index (χ1v) is 23.3. The van der Waals surface area contributed by atoms with Crippen LogP contribution in [-0.2, 0) is 25.7 Å². The molecule has 0 amide bonds. The van der Waals surface area contributed by atoms with E-state index in [0.717, 1.165) is 64.7 Å². The van der Waals surface area contributed by atoms with Gasteiger partial charge in [-0.1, -0.05) is 152 Å². The highest BCUT2D eigenvalue weighted by Gasteiger charge is 2.23.